The molecule has 0 bridgehead atoms. The monoisotopic (exact) mass is 504 g/mol. The van der Waals surface area contributed by atoms with Crippen LogP contribution in [0.25, 0.3) is 16.6 Å². The second-order valence-corrected chi connectivity index (χ2v) is 8.61. The van der Waals surface area contributed by atoms with E-state index in [9.17, 15) is 19.3 Å². The van der Waals surface area contributed by atoms with Crippen molar-refractivity contribution in [2.45, 2.75) is 0 Å². The van der Waals surface area contributed by atoms with Crippen LogP contribution in [0.5, 0.6) is 0 Å². The van der Waals surface area contributed by atoms with E-state index >= 15 is 0 Å². The minimum atomic E-state index is -0.718. The van der Waals surface area contributed by atoms with E-state index in [4.69, 9.17) is 4.74 Å². The summed E-state index contributed by atoms with van der Waals surface area (Å²) in [5.74, 6) is -0.880. The summed E-state index contributed by atoms with van der Waals surface area (Å²) in [4.78, 5) is 25.6. The van der Waals surface area contributed by atoms with Crippen molar-refractivity contribution < 1.29 is 18.8 Å². The molecule has 0 saturated carbocycles. The molecule has 11 heteroatoms. The maximum Gasteiger partial charge on any atom is 0.295 e. The SMILES string of the molecule is O=C(NCCN1CCOCC1)c1cccc(-n2ncc3cc(Nc4c(F)cccc4[N+](=O)[O-])ccc32)c1. The lowest BCUT2D eigenvalue weighted by Gasteiger charge is -2.26. The number of hydrogen-bond donors (Lipinski definition) is 2. The van der Waals surface area contributed by atoms with Crippen LogP contribution < -0.4 is 10.6 Å². The number of halogens is 1. The van der Waals surface area contributed by atoms with Gasteiger partial charge >= 0.3 is 0 Å². The number of aromatic nitrogens is 2. The van der Waals surface area contributed by atoms with E-state index in [-0.39, 0.29) is 17.3 Å². The van der Waals surface area contributed by atoms with Crippen molar-refractivity contribution in [3.63, 3.8) is 0 Å². The Kier molecular flexibility index (Phi) is 7.06. The number of hydrogen-bond acceptors (Lipinski definition) is 7. The summed E-state index contributed by atoms with van der Waals surface area (Å²) in [5, 5.41) is 22.3. The number of nitrogens with one attached hydrogen (secondary N) is 2. The fourth-order valence-electron chi connectivity index (χ4n) is 4.28. The minimum Gasteiger partial charge on any atom is -0.379 e. The summed E-state index contributed by atoms with van der Waals surface area (Å²) in [7, 11) is 0. The number of anilines is 2. The van der Waals surface area contributed by atoms with Crippen molar-refractivity contribution >= 4 is 33.9 Å². The molecule has 0 unspecified atom stereocenters. The van der Waals surface area contributed by atoms with Gasteiger partial charge in [-0.1, -0.05) is 12.1 Å². The Morgan fingerprint density at radius 3 is 2.73 bits per heavy atom. The molecule has 5 rings (SSSR count). The van der Waals surface area contributed by atoms with Crippen LogP contribution in [0.1, 0.15) is 10.4 Å². The number of carbonyl (C=O) groups excluding carboxylic acids is 1. The van der Waals surface area contributed by atoms with Crippen molar-refractivity contribution in [3.05, 3.63) is 88.4 Å². The highest BCUT2D eigenvalue weighted by Gasteiger charge is 2.18. The van der Waals surface area contributed by atoms with Gasteiger partial charge in [0.25, 0.3) is 11.6 Å². The molecule has 0 radical (unpaired) electrons. The third-order valence-electron chi connectivity index (χ3n) is 6.20. The lowest BCUT2D eigenvalue weighted by atomic mass is 10.1. The van der Waals surface area contributed by atoms with Crippen molar-refractivity contribution in [1.82, 2.24) is 20.0 Å². The predicted molar refractivity (Wildman–Crippen MR) is 137 cm³/mol. The van der Waals surface area contributed by atoms with Gasteiger partial charge in [-0.3, -0.25) is 19.8 Å². The molecular weight excluding hydrogens is 479 g/mol. The second-order valence-electron chi connectivity index (χ2n) is 8.61. The summed E-state index contributed by atoms with van der Waals surface area (Å²) in [6.07, 6.45) is 1.64. The molecule has 1 aliphatic rings. The quantitative estimate of drug-likeness (QED) is 0.276. The number of morpholine rings is 1. The average Bonchev–Trinajstić information content (AvgIpc) is 3.34. The van der Waals surface area contributed by atoms with Crippen LogP contribution in [0.15, 0.2) is 66.9 Å². The van der Waals surface area contributed by atoms with Crippen molar-refractivity contribution in [2.75, 3.05) is 44.7 Å². The van der Waals surface area contributed by atoms with E-state index < -0.39 is 10.7 Å². The van der Waals surface area contributed by atoms with Gasteiger partial charge in [-0.05, 0) is 42.5 Å². The first-order valence-corrected chi connectivity index (χ1v) is 11.9. The first kappa shape index (κ1) is 24.3. The van der Waals surface area contributed by atoms with Crippen molar-refractivity contribution in [2.24, 2.45) is 0 Å². The molecule has 2 N–H and O–H groups in total. The number of nitro benzene ring substituents is 1. The Morgan fingerprint density at radius 2 is 1.92 bits per heavy atom. The molecule has 0 aliphatic carbocycles. The van der Waals surface area contributed by atoms with Gasteiger partial charge in [-0.25, -0.2) is 9.07 Å². The number of para-hydroxylation sites is 1. The van der Waals surface area contributed by atoms with E-state index in [1.54, 1.807) is 47.3 Å². The molecule has 3 aromatic carbocycles. The van der Waals surface area contributed by atoms with Gasteiger partial charge in [0.1, 0.15) is 0 Å². The topological polar surface area (TPSA) is 115 Å². The smallest absolute Gasteiger partial charge is 0.295 e. The van der Waals surface area contributed by atoms with Crippen molar-refractivity contribution in [1.29, 1.82) is 0 Å². The van der Waals surface area contributed by atoms with Crippen LogP contribution in [-0.2, 0) is 4.74 Å². The largest absolute Gasteiger partial charge is 0.379 e. The maximum absolute atomic E-state index is 14.3. The third kappa shape index (κ3) is 5.42. The summed E-state index contributed by atoms with van der Waals surface area (Å²) in [6, 6.07) is 16.1. The zero-order chi connectivity index (χ0) is 25.8. The first-order valence-electron chi connectivity index (χ1n) is 11.9. The fraction of sp³-hybridized carbons (Fsp3) is 0.231. The number of nitrogens with zero attached hydrogens (tertiary/aromatic N) is 4. The number of ether oxygens (including phenoxy) is 1. The van der Waals surface area contributed by atoms with Crippen LogP contribution in [-0.4, -0.2) is 64.9 Å². The number of amides is 1. The highest BCUT2D eigenvalue weighted by molar-refractivity contribution is 5.95. The first-order chi connectivity index (χ1) is 18.0. The van der Waals surface area contributed by atoms with Crippen LogP contribution in [0.3, 0.4) is 0 Å². The van der Waals surface area contributed by atoms with Crippen LogP contribution in [0.4, 0.5) is 21.5 Å². The Balaban J connectivity index is 1.32. The standard InChI is InChI=1S/C26H25FN6O4/c27-22-5-2-6-24(33(35)36)25(22)30-20-7-8-23-19(15-20)17-29-32(23)21-4-1-3-18(16-21)26(34)28-9-10-31-11-13-37-14-12-31/h1-8,15-17,30H,9-14H2,(H,28,34). The summed E-state index contributed by atoms with van der Waals surface area (Å²) >= 11 is 0. The predicted octanol–water partition coefficient (Wildman–Crippen LogP) is 3.88. The molecule has 1 fully saturated rings. The minimum absolute atomic E-state index is 0.162. The molecule has 1 saturated heterocycles. The van der Waals surface area contributed by atoms with E-state index in [1.807, 2.05) is 6.07 Å². The van der Waals surface area contributed by atoms with Gasteiger partial charge in [-0.2, -0.15) is 5.10 Å². The van der Waals surface area contributed by atoms with Crippen molar-refractivity contribution in [3.8, 4) is 5.69 Å². The molecule has 1 aromatic heterocycles. The Labute approximate surface area is 211 Å². The molecule has 4 aromatic rings. The van der Waals surface area contributed by atoms with E-state index in [0.29, 0.717) is 36.7 Å². The average molecular weight is 505 g/mol. The Hall–Kier alpha value is -4.35. The zero-order valence-corrected chi connectivity index (χ0v) is 19.9. The second kappa shape index (κ2) is 10.7. The molecule has 2 heterocycles. The molecule has 1 amide bonds. The lowest BCUT2D eigenvalue weighted by Crippen LogP contribution is -2.41. The van der Waals surface area contributed by atoms with Gasteiger partial charge in [0, 0.05) is 48.9 Å². The number of rotatable bonds is 8. The number of carbonyl (C=O) groups is 1. The third-order valence-corrected chi connectivity index (χ3v) is 6.20. The number of nitro groups is 1. The number of benzene rings is 3. The highest BCUT2D eigenvalue weighted by atomic mass is 19.1. The fourth-order valence-corrected chi connectivity index (χ4v) is 4.28. The summed E-state index contributed by atoms with van der Waals surface area (Å²) in [5.41, 5.74) is 1.92. The maximum atomic E-state index is 14.3. The lowest BCUT2D eigenvalue weighted by molar-refractivity contribution is -0.384. The van der Waals surface area contributed by atoms with Gasteiger partial charge < -0.3 is 15.4 Å². The summed E-state index contributed by atoms with van der Waals surface area (Å²) in [6.45, 7) is 4.48. The molecular formula is C26H25FN6O4. The summed E-state index contributed by atoms with van der Waals surface area (Å²) < 4.78 is 21.3. The molecule has 0 spiro atoms. The molecule has 0 atom stereocenters. The van der Waals surface area contributed by atoms with Gasteiger partial charge in [-0.15, -0.1) is 0 Å². The Bertz CT molecular complexity index is 1450. The Morgan fingerprint density at radius 1 is 1.11 bits per heavy atom. The van der Waals surface area contributed by atoms with Gasteiger partial charge in [0.2, 0.25) is 0 Å². The normalized spacial score (nSPS) is 14.0. The molecule has 37 heavy (non-hydrogen) atoms. The van der Waals surface area contributed by atoms with Crippen LogP contribution in [0, 0.1) is 15.9 Å². The van der Waals surface area contributed by atoms with Gasteiger partial charge in [0.05, 0.1) is 35.5 Å². The molecule has 190 valence electrons. The number of fused-ring (bicyclic) bond motifs is 1. The van der Waals surface area contributed by atoms with E-state index in [0.717, 1.165) is 36.6 Å². The highest BCUT2D eigenvalue weighted by Crippen LogP contribution is 2.31. The molecule has 1 aliphatic heterocycles. The van der Waals surface area contributed by atoms with E-state index in [2.05, 4.69) is 20.6 Å². The van der Waals surface area contributed by atoms with Crippen LogP contribution in [0.2, 0.25) is 0 Å². The van der Waals surface area contributed by atoms with Crippen LogP contribution >= 0.6 is 0 Å². The van der Waals surface area contributed by atoms with Gasteiger partial charge in [0.15, 0.2) is 11.5 Å². The molecule has 10 nitrogen and oxygen atoms in total. The zero-order valence-electron chi connectivity index (χ0n) is 19.9. The van der Waals surface area contributed by atoms with E-state index in [1.165, 1.54) is 12.1 Å².